The summed E-state index contributed by atoms with van der Waals surface area (Å²) in [5.74, 6) is 0.601. The average Bonchev–Trinajstić information content (AvgIpc) is 3.20. The first-order valence-corrected chi connectivity index (χ1v) is 11.6. The Hall–Kier alpha value is -2.23. The molecule has 2 aromatic rings. The van der Waals surface area contributed by atoms with Gasteiger partial charge in [-0.05, 0) is 24.6 Å². The van der Waals surface area contributed by atoms with Gasteiger partial charge in [0.2, 0.25) is 16.9 Å². The Bertz CT molecular complexity index is 899. The van der Waals surface area contributed by atoms with Crippen LogP contribution in [0.25, 0.3) is 0 Å². The van der Waals surface area contributed by atoms with Crippen LogP contribution in [0.2, 0.25) is 5.02 Å². The van der Waals surface area contributed by atoms with Crippen LogP contribution in [0.15, 0.2) is 18.2 Å². The van der Waals surface area contributed by atoms with Gasteiger partial charge in [0, 0.05) is 62.6 Å². The van der Waals surface area contributed by atoms with Crippen molar-refractivity contribution in [3.63, 3.8) is 0 Å². The molecule has 1 saturated heterocycles. The smallest absolute Gasteiger partial charge is 0.226 e. The fraction of sp³-hybridized carbons (Fsp3) is 0.524. The number of benzene rings is 1. The van der Waals surface area contributed by atoms with E-state index in [-0.39, 0.29) is 24.7 Å². The van der Waals surface area contributed by atoms with Crippen LogP contribution in [0.3, 0.4) is 0 Å². The normalized spacial score (nSPS) is 14.5. The summed E-state index contributed by atoms with van der Waals surface area (Å²) in [4.78, 5) is 28.7. The van der Waals surface area contributed by atoms with Gasteiger partial charge in [-0.15, -0.1) is 10.2 Å². The maximum Gasteiger partial charge on any atom is 0.226 e. The summed E-state index contributed by atoms with van der Waals surface area (Å²) in [6.45, 7) is 5.59. The molecular formula is C21H28ClN5O3S. The number of amides is 2. The molecule has 0 bridgehead atoms. The molecule has 3 rings (SSSR count). The van der Waals surface area contributed by atoms with Crippen LogP contribution in [0, 0.1) is 0 Å². The van der Waals surface area contributed by atoms with E-state index in [2.05, 4.69) is 27.3 Å². The maximum atomic E-state index is 12.5. The number of methoxy groups -OCH3 is 1. The lowest BCUT2D eigenvalue weighted by Crippen LogP contribution is -2.48. The van der Waals surface area contributed by atoms with Crippen LogP contribution in [0.4, 0.5) is 5.13 Å². The van der Waals surface area contributed by atoms with Crippen LogP contribution < -0.4 is 10.1 Å². The van der Waals surface area contributed by atoms with Gasteiger partial charge in [-0.2, -0.15) is 0 Å². The molecule has 1 aliphatic heterocycles. The summed E-state index contributed by atoms with van der Waals surface area (Å²) in [6, 6.07) is 5.60. The number of carbonyl (C=O) groups is 2. The van der Waals surface area contributed by atoms with Crippen molar-refractivity contribution in [2.24, 2.45) is 0 Å². The standard InChI is InChI=1S/C21H28ClN5O3S/c1-3-4-19-24-25-21(31-19)23-18(28)7-8-20(29)27-11-9-26(10-12-27)14-15-13-16(22)5-6-17(15)30-2/h5-6,13H,3-4,7-12,14H2,1-2H3,(H,23,25,28). The van der Waals surface area contributed by atoms with Crippen molar-refractivity contribution in [3.05, 3.63) is 33.8 Å². The molecule has 2 amide bonds. The van der Waals surface area contributed by atoms with Gasteiger partial charge in [-0.3, -0.25) is 14.5 Å². The highest BCUT2D eigenvalue weighted by Crippen LogP contribution is 2.24. The predicted octanol–water partition coefficient (Wildman–Crippen LogP) is 3.22. The van der Waals surface area contributed by atoms with E-state index in [1.807, 2.05) is 23.1 Å². The number of rotatable bonds is 9. The number of anilines is 1. The zero-order valence-electron chi connectivity index (χ0n) is 17.9. The SMILES string of the molecule is CCCc1nnc(NC(=O)CCC(=O)N2CCN(Cc3cc(Cl)ccc3OC)CC2)s1. The predicted molar refractivity (Wildman–Crippen MR) is 122 cm³/mol. The Kier molecular flexibility index (Phi) is 8.62. The average molecular weight is 466 g/mol. The van der Waals surface area contributed by atoms with Gasteiger partial charge in [-0.1, -0.05) is 29.9 Å². The van der Waals surface area contributed by atoms with Crippen molar-refractivity contribution in [2.75, 3.05) is 38.6 Å². The summed E-state index contributed by atoms with van der Waals surface area (Å²) in [5, 5.41) is 12.8. The molecule has 1 aromatic carbocycles. The molecule has 1 aliphatic rings. The van der Waals surface area contributed by atoms with Gasteiger partial charge < -0.3 is 15.0 Å². The van der Waals surface area contributed by atoms with Gasteiger partial charge in [0.05, 0.1) is 7.11 Å². The summed E-state index contributed by atoms with van der Waals surface area (Å²) in [5.41, 5.74) is 1.03. The van der Waals surface area contributed by atoms with Crippen LogP contribution in [0.1, 0.15) is 36.8 Å². The number of aromatic nitrogens is 2. The lowest BCUT2D eigenvalue weighted by Gasteiger charge is -2.35. The first-order valence-electron chi connectivity index (χ1n) is 10.4. The van der Waals surface area contributed by atoms with Crippen LogP contribution in [-0.2, 0) is 22.6 Å². The molecule has 8 nitrogen and oxygen atoms in total. The highest BCUT2D eigenvalue weighted by molar-refractivity contribution is 7.15. The number of ether oxygens (including phenoxy) is 1. The van der Waals surface area contributed by atoms with Crippen molar-refractivity contribution in [1.82, 2.24) is 20.0 Å². The summed E-state index contributed by atoms with van der Waals surface area (Å²) in [6.07, 6.45) is 2.16. The summed E-state index contributed by atoms with van der Waals surface area (Å²) >= 11 is 7.50. The van der Waals surface area contributed by atoms with Crippen LogP contribution in [0.5, 0.6) is 5.75 Å². The molecule has 1 N–H and O–H groups in total. The molecule has 168 valence electrons. The third-order valence-corrected chi connectivity index (χ3v) is 6.24. The Morgan fingerprint density at radius 1 is 1.19 bits per heavy atom. The Morgan fingerprint density at radius 3 is 2.68 bits per heavy atom. The van der Waals surface area contributed by atoms with Crippen molar-refractivity contribution in [2.45, 2.75) is 39.2 Å². The number of nitrogens with one attached hydrogen (secondary N) is 1. The Balaban J connectivity index is 1.40. The minimum atomic E-state index is -0.209. The summed E-state index contributed by atoms with van der Waals surface area (Å²) < 4.78 is 5.42. The quantitative estimate of drug-likeness (QED) is 0.611. The van der Waals surface area contributed by atoms with E-state index in [9.17, 15) is 9.59 Å². The minimum Gasteiger partial charge on any atom is -0.496 e. The number of carbonyl (C=O) groups excluding carboxylic acids is 2. The highest BCUT2D eigenvalue weighted by Gasteiger charge is 2.22. The second-order valence-corrected chi connectivity index (χ2v) is 8.91. The Labute approximate surface area is 191 Å². The molecule has 0 spiro atoms. The third kappa shape index (κ3) is 6.88. The molecular weight excluding hydrogens is 438 g/mol. The van der Waals surface area contributed by atoms with Gasteiger partial charge >= 0.3 is 0 Å². The maximum absolute atomic E-state index is 12.5. The third-order valence-electron chi connectivity index (χ3n) is 5.10. The van der Waals surface area contributed by atoms with Gasteiger partial charge in [0.15, 0.2) is 0 Å². The molecule has 0 atom stereocenters. The zero-order valence-corrected chi connectivity index (χ0v) is 19.5. The molecule has 1 aromatic heterocycles. The topological polar surface area (TPSA) is 87.7 Å². The Morgan fingerprint density at radius 2 is 1.97 bits per heavy atom. The fourth-order valence-corrected chi connectivity index (χ4v) is 4.50. The molecule has 0 saturated carbocycles. The number of aryl methyl sites for hydroxylation is 1. The molecule has 10 heteroatoms. The van der Waals surface area contributed by atoms with Gasteiger partial charge in [0.25, 0.3) is 0 Å². The highest BCUT2D eigenvalue weighted by atomic mass is 35.5. The van der Waals surface area contributed by atoms with Gasteiger partial charge in [0.1, 0.15) is 10.8 Å². The van der Waals surface area contributed by atoms with E-state index in [1.54, 1.807) is 7.11 Å². The zero-order chi connectivity index (χ0) is 22.2. The fourth-order valence-electron chi connectivity index (χ4n) is 3.45. The van der Waals surface area contributed by atoms with Crippen molar-refractivity contribution < 1.29 is 14.3 Å². The molecule has 0 aliphatic carbocycles. The van der Waals surface area contributed by atoms with Crippen molar-refractivity contribution in [1.29, 1.82) is 0 Å². The molecule has 1 fully saturated rings. The number of nitrogens with zero attached hydrogens (tertiary/aromatic N) is 4. The van der Waals surface area contributed by atoms with E-state index in [0.717, 1.165) is 48.8 Å². The molecule has 0 radical (unpaired) electrons. The first kappa shape index (κ1) is 23.4. The van der Waals surface area contributed by atoms with E-state index in [0.29, 0.717) is 23.2 Å². The van der Waals surface area contributed by atoms with Crippen molar-refractivity contribution in [3.8, 4) is 5.75 Å². The molecule has 2 heterocycles. The number of piperazine rings is 1. The first-order chi connectivity index (χ1) is 15.0. The monoisotopic (exact) mass is 465 g/mol. The number of hydrogen-bond donors (Lipinski definition) is 1. The number of hydrogen-bond acceptors (Lipinski definition) is 7. The number of halogens is 1. The second kappa shape index (κ2) is 11.4. The summed E-state index contributed by atoms with van der Waals surface area (Å²) in [7, 11) is 1.65. The van der Waals surface area contributed by atoms with E-state index in [1.165, 1.54) is 11.3 Å². The lowest BCUT2D eigenvalue weighted by atomic mass is 10.1. The largest absolute Gasteiger partial charge is 0.496 e. The minimum absolute atomic E-state index is 0.000859. The lowest BCUT2D eigenvalue weighted by molar-refractivity contribution is -0.134. The molecule has 31 heavy (non-hydrogen) atoms. The van der Waals surface area contributed by atoms with E-state index >= 15 is 0 Å². The van der Waals surface area contributed by atoms with E-state index in [4.69, 9.17) is 16.3 Å². The van der Waals surface area contributed by atoms with E-state index < -0.39 is 0 Å². The van der Waals surface area contributed by atoms with Crippen LogP contribution in [-0.4, -0.2) is 65.1 Å². The van der Waals surface area contributed by atoms with Crippen LogP contribution >= 0.6 is 22.9 Å². The second-order valence-electron chi connectivity index (χ2n) is 7.41. The van der Waals surface area contributed by atoms with Gasteiger partial charge in [-0.25, -0.2) is 0 Å². The molecule has 0 unspecified atom stereocenters. The van der Waals surface area contributed by atoms with Crippen molar-refractivity contribution >= 4 is 39.9 Å².